The monoisotopic (exact) mass is 288 g/mol. The van der Waals surface area contributed by atoms with Crippen molar-refractivity contribution < 1.29 is 19.4 Å². The Morgan fingerprint density at radius 1 is 1.43 bits per heavy atom. The van der Waals surface area contributed by atoms with Crippen LogP contribution >= 0.6 is 0 Å². The summed E-state index contributed by atoms with van der Waals surface area (Å²) in [7, 11) is 0. The topological polar surface area (TPSA) is 84.4 Å². The summed E-state index contributed by atoms with van der Waals surface area (Å²) in [5, 5.41) is 15.5. The first-order chi connectivity index (χ1) is 10.2. The number of carboxylic acid groups (broad SMARTS) is 1. The van der Waals surface area contributed by atoms with Crippen LogP contribution in [0.15, 0.2) is 30.3 Å². The second-order valence-electron chi connectivity index (χ2n) is 4.93. The van der Waals surface area contributed by atoms with Crippen LogP contribution in [-0.2, 0) is 4.74 Å². The first kappa shape index (κ1) is 13.6. The second kappa shape index (κ2) is 5.97. The molecule has 1 saturated heterocycles. The van der Waals surface area contributed by atoms with Gasteiger partial charge < -0.3 is 14.6 Å². The summed E-state index contributed by atoms with van der Waals surface area (Å²) in [5.74, 6) is -0.343. The maximum absolute atomic E-state index is 10.9. The van der Waals surface area contributed by atoms with Gasteiger partial charge in [0, 0.05) is 12.2 Å². The molecule has 0 bridgehead atoms. The summed E-state index contributed by atoms with van der Waals surface area (Å²) in [4.78, 5) is 10.9. The van der Waals surface area contributed by atoms with Crippen LogP contribution in [0, 0.1) is 0 Å². The van der Waals surface area contributed by atoms with Gasteiger partial charge in [-0.25, -0.2) is 4.79 Å². The fourth-order valence-corrected chi connectivity index (χ4v) is 2.33. The van der Waals surface area contributed by atoms with E-state index in [0.29, 0.717) is 18.1 Å². The van der Waals surface area contributed by atoms with Gasteiger partial charge in [0.2, 0.25) is 0 Å². The lowest BCUT2D eigenvalue weighted by atomic mass is 10.1. The first-order valence-electron chi connectivity index (χ1n) is 6.86. The average molecular weight is 288 g/mol. The maximum Gasteiger partial charge on any atom is 0.353 e. The minimum atomic E-state index is -1.03. The van der Waals surface area contributed by atoms with Gasteiger partial charge in [0.1, 0.15) is 17.5 Å². The normalized spacial score (nSPS) is 18.4. The van der Waals surface area contributed by atoms with Crippen molar-refractivity contribution >= 4 is 5.97 Å². The second-order valence-corrected chi connectivity index (χ2v) is 4.93. The van der Waals surface area contributed by atoms with Gasteiger partial charge in [0.15, 0.2) is 0 Å². The van der Waals surface area contributed by atoms with Gasteiger partial charge in [-0.2, -0.15) is 5.10 Å². The molecule has 1 aliphatic rings. The van der Waals surface area contributed by atoms with Crippen molar-refractivity contribution in [3.8, 4) is 17.0 Å². The third kappa shape index (κ3) is 3.05. The largest absolute Gasteiger partial charge is 0.487 e. The van der Waals surface area contributed by atoms with Crippen LogP contribution in [0.1, 0.15) is 23.3 Å². The van der Waals surface area contributed by atoms with Crippen LogP contribution in [-0.4, -0.2) is 40.6 Å². The third-order valence-corrected chi connectivity index (χ3v) is 3.38. The van der Waals surface area contributed by atoms with E-state index in [0.717, 1.165) is 25.0 Å². The Balaban J connectivity index is 1.85. The number of aromatic amines is 1. The number of carboxylic acids is 1. The number of ether oxygens (including phenoxy) is 2. The molecule has 0 radical (unpaired) electrons. The highest BCUT2D eigenvalue weighted by molar-refractivity contribution is 5.87. The van der Waals surface area contributed by atoms with Gasteiger partial charge in [-0.15, -0.1) is 0 Å². The molecule has 1 aromatic heterocycles. The molecule has 2 N–H and O–H groups in total. The summed E-state index contributed by atoms with van der Waals surface area (Å²) < 4.78 is 11.4. The molecular formula is C15H16N2O4. The molecule has 2 aromatic rings. The standard InChI is InChI=1S/C15H16N2O4/c18-15(19)13-8-12(16-17-13)11-5-1-2-6-14(11)21-10-4-3-7-20-9-10/h1-2,5-6,8,10H,3-4,7,9H2,(H,16,17)(H,18,19). The van der Waals surface area contributed by atoms with E-state index >= 15 is 0 Å². The Bertz CT molecular complexity index is 632. The van der Waals surface area contributed by atoms with Crippen molar-refractivity contribution in [2.24, 2.45) is 0 Å². The minimum absolute atomic E-state index is 0.0257. The van der Waals surface area contributed by atoms with Crippen molar-refractivity contribution in [1.82, 2.24) is 10.2 Å². The number of para-hydroxylation sites is 1. The van der Waals surface area contributed by atoms with Gasteiger partial charge in [0.05, 0.1) is 12.3 Å². The van der Waals surface area contributed by atoms with Crippen LogP contribution in [0.3, 0.4) is 0 Å². The number of aromatic carboxylic acids is 1. The fourth-order valence-electron chi connectivity index (χ4n) is 2.33. The highest BCUT2D eigenvalue weighted by Gasteiger charge is 2.18. The van der Waals surface area contributed by atoms with Gasteiger partial charge in [0.25, 0.3) is 0 Å². The number of hydrogen-bond acceptors (Lipinski definition) is 4. The van der Waals surface area contributed by atoms with Crippen molar-refractivity contribution in [2.45, 2.75) is 18.9 Å². The van der Waals surface area contributed by atoms with Gasteiger partial charge in [-0.1, -0.05) is 12.1 Å². The zero-order valence-corrected chi connectivity index (χ0v) is 11.4. The zero-order valence-electron chi connectivity index (χ0n) is 11.4. The van der Waals surface area contributed by atoms with Crippen molar-refractivity contribution in [3.05, 3.63) is 36.0 Å². The lowest BCUT2D eigenvalue weighted by Crippen LogP contribution is -2.28. The predicted octanol–water partition coefficient (Wildman–Crippen LogP) is 2.33. The number of rotatable bonds is 4. The Morgan fingerprint density at radius 3 is 3.00 bits per heavy atom. The van der Waals surface area contributed by atoms with E-state index in [-0.39, 0.29) is 11.8 Å². The SMILES string of the molecule is O=C(O)c1cc(-c2ccccc2OC2CCCOC2)n[nH]1. The molecule has 6 nitrogen and oxygen atoms in total. The summed E-state index contributed by atoms with van der Waals surface area (Å²) in [6.45, 7) is 1.36. The molecule has 1 unspecified atom stereocenters. The molecule has 0 amide bonds. The number of nitrogens with one attached hydrogen (secondary N) is 1. The minimum Gasteiger partial charge on any atom is -0.487 e. The molecular weight excluding hydrogens is 272 g/mol. The van der Waals surface area contributed by atoms with Crippen LogP contribution < -0.4 is 4.74 Å². The summed E-state index contributed by atoms with van der Waals surface area (Å²) in [6, 6.07) is 8.98. The summed E-state index contributed by atoms with van der Waals surface area (Å²) in [6.07, 6.45) is 1.96. The summed E-state index contributed by atoms with van der Waals surface area (Å²) >= 11 is 0. The van der Waals surface area contributed by atoms with Crippen molar-refractivity contribution in [2.75, 3.05) is 13.2 Å². The molecule has 2 heterocycles. The van der Waals surface area contributed by atoms with Crippen LogP contribution in [0.2, 0.25) is 0 Å². The molecule has 0 spiro atoms. The molecule has 6 heteroatoms. The third-order valence-electron chi connectivity index (χ3n) is 3.38. The van der Waals surface area contributed by atoms with Crippen LogP contribution in [0.5, 0.6) is 5.75 Å². The molecule has 1 atom stereocenters. The number of hydrogen-bond donors (Lipinski definition) is 2. The van der Waals surface area contributed by atoms with E-state index in [1.165, 1.54) is 6.07 Å². The predicted molar refractivity (Wildman–Crippen MR) is 75.5 cm³/mol. The van der Waals surface area contributed by atoms with E-state index in [4.69, 9.17) is 14.6 Å². The van der Waals surface area contributed by atoms with E-state index < -0.39 is 5.97 Å². The lowest BCUT2D eigenvalue weighted by molar-refractivity contribution is 0.00767. The Labute approximate surface area is 121 Å². The quantitative estimate of drug-likeness (QED) is 0.902. The Hall–Kier alpha value is -2.34. The molecule has 3 rings (SSSR count). The Kier molecular flexibility index (Phi) is 3.87. The van der Waals surface area contributed by atoms with Crippen molar-refractivity contribution in [3.63, 3.8) is 0 Å². The molecule has 1 fully saturated rings. The van der Waals surface area contributed by atoms with E-state index in [2.05, 4.69) is 10.2 Å². The zero-order chi connectivity index (χ0) is 14.7. The lowest BCUT2D eigenvalue weighted by Gasteiger charge is -2.24. The van der Waals surface area contributed by atoms with Gasteiger partial charge >= 0.3 is 5.97 Å². The van der Waals surface area contributed by atoms with Crippen LogP contribution in [0.4, 0.5) is 0 Å². The summed E-state index contributed by atoms with van der Waals surface area (Å²) in [5.41, 5.74) is 1.38. The number of carbonyl (C=O) groups is 1. The van der Waals surface area contributed by atoms with Gasteiger partial charge in [-0.3, -0.25) is 5.10 Å². The molecule has 0 saturated carbocycles. The number of benzene rings is 1. The number of H-pyrrole nitrogens is 1. The number of nitrogens with zero attached hydrogens (tertiary/aromatic N) is 1. The Morgan fingerprint density at radius 2 is 2.29 bits per heavy atom. The molecule has 21 heavy (non-hydrogen) atoms. The smallest absolute Gasteiger partial charge is 0.353 e. The molecule has 1 aromatic carbocycles. The van der Waals surface area contributed by atoms with Gasteiger partial charge in [-0.05, 0) is 31.0 Å². The number of aromatic nitrogens is 2. The maximum atomic E-state index is 10.9. The molecule has 0 aliphatic carbocycles. The molecule has 1 aliphatic heterocycles. The van der Waals surface area contributed by atoms with E-state index in [9.17, 15) is 4.79 Å². The average Bonchev–Trinajstić information content (AvgIpc) is 2.99. The van der Waals surface area contributed by atoms with Crippen molar-refractivity contribution in [1.29, 1.82) is 0 Å². The van der Waals surface area contributed by atoms with E-state index in [1.54, 1.807) is 0 Å². The first-order valence-corrected chi connectivity index (χ1v) is 6.86. The fraction of sp³-hybridized carbons (Fsp3) is 0.333. The molecule has 110 valence electrons. The highest BCUT2D eigenvalue weighted by atomic mass is 16.5. The van der Waals surface area contributed by atoms with E-state index in [1.807, 2.05) is 24.3 Å². The van der Waals surface area contributed by atoms with Crippen LogP contribution in [0.25, 0.3) is 11.3 Å². The highest BCUT2D eigenvalue weighted by Crippen LogP contribution is 2.30.